The lowest BCUT2D eigenvalue weighted by Crippen LogP contribution is -2.63. The first kappa shape index (κ1) is 22.2. The number of rotatable bonds is 2. The van der Waals surface area contributed by atoms with Crippen LogP contribution in [0.3, 0.4) is 0 Å². The Balaban J connectivity index is 1.57. The number of hydrogen-bond donors (Lipinski definition) is 1. The van der Waals surface area contributed by atoms with E-state index in [2.05, 4.69) is 41.5 Å². The minimum Gasteiger partial charge on any atom is -0.396 e. The first-order valence-corrected chi connectivity index (χ1v) is 13.4. The maximum absolute atomic E-state index is 12.5. The van der Waals surface area contributed by atoms with Crippen molar-refractivity contribution < 1.29 is 9.90 Å². The van der Waals surface area contributed by atoms with E-state index in [-0.39, 0.29) is 10.8 Å². The van der Waals surface area contributed by atoms with E-state index >= 15 is 0 Å². The molecule has 0 aromatic rings. The van der Waals surface area contributed by atoms with Gasteiger partial charge in [0.25, 0.3) is 0 Å². The Bertz CT molecular complexity index is 810. The summed E-state index contributed by atoms with van der Waals surface area (Å²) >= 11 is 0. The van der Waals surface area contributed by atoms with Gasteiger partial charge >= 0.3 is 0 Å². The predicted molar refractivity (Wildman–Crippen MR) is 127 cm³/mol. The molecule has 4 fully saturated rings. The van der Waals surface area contributed by atoms with Crippen molar-refractivity contribution in [3.63, 3.8) is 0 Å². The van der Waals surface area contributed by atoms with Crippen LogP contribution in [-0.2, 0) is 4.79 Å². The quantitative estimate of drug-likeness (QED) is 0.518. The van der Waals surface area contributed by atoms with Gasteiger partial charge in [0.2, 0.25) is 0 Å². The summed E-state index contributed by atoms with van der Waals surface area (Å²) in [6, 6.07) is 0. The maximum atomic E-state index is 12.5. The van der Waals surface area contributed by atoms with Gasteiger partial charge in [-0.1, -0.05) is 40.2 Å². The van der Waals surface area contributed by atoms with Crippen LogP contribution in [0.1, 0.15) is 106 Å². The molecule has 0 unspecified atom stereocenters. The molecule has 1 N–H and O–H groups in total. The minimum atomic E-state index is 0.194. The van der Waals surface area contributed by atoms with Crippen molar-refractivity contribution in [3.05, 3.63) is 11.1 Å². The van der Waals surface area contributed by atoms with Gasteiger partial charge in [0, 0.05) is 13.0 Å². The second-order valence-electron chi connectivity index (χ2n) is 13.5. The standard InChI is InChI=1S/C29H46O2/c1-18(2)20-9-14-29(17-30)16-15-27(5)22(25(20)29)7-8-24-26(4)12-11-23(31)19(3)21(26)10-13-28(24,27)6/h18,20,22,24-25,30H,7-17H2,1-6H3/t20-,22+,24+,25+,26-,27+,28+,29+/m0/s1. The molecule has 0 spiro atoms. The summed E-state index contributed by atoms with van der Waals surface area (Å²) in [5.74, 6) is 4.07. The molecule has 0 amide bonds. The van der Waals surface area contributed by atoms with E-state index in [1.165, 1.54) is 50.5 Å². The zero-order chi connectivity index (χ0) is 22.4. The van der Waals surface area contributed by atoms with Crippen LogP contribution in [0, 0.1) is 51.2 Å². The van der Waals surface area contributed by atoms with E-state index in [1.807, 2.05) is 0 Å². The Morgan fingerprint density at radius 1 is 0.935 bits per heavy atom. The van der Waals surface area contributed by atoms with Crippen molar-refractivity contribution in [2.24, 2.45) is 51.2 Å². The molecule has 5 aliphatic rings. The van der Waals surface area contributed by atoms with Gasteiger partial charge in [0.1, 0.15) is 0 Å². The molecule has 5 aliphatic carbocycles. The van der Waals surface area contributed by atoms with Crippen molar-refractivity contribution in [2.75, 3.05) is 6.61 Å². The van der Waals surface area contributed by atoms with Crippen LogP contribution in [0.2, 0.25) is 0 Å². The van der Waals surface area contributed by atoms with Crippen LogP contribution in [0.4, 0.5) is 0 Å². The molecule has 174 valence electrons. The van der Waals surface area contributed by atoms with E-state index < -0.39 is 0 Å². The molecule has 0 saturated heterocycles. The van der Waals surface area contributed by atoms with Gasteiger partial charge in [-0.05, 0) is 122 Å². The summed E-state index contributed by atoms with van der Waals surface area (Å²) < 4.78 is 0. The highest BCUT2D eigenvalue weighted by molar-refractivity contribution is 5.96. The number of Topliss-reactive ketones (excluding diaryl/α,β-unsaturated/α-hetero) is 1. The molecule has 2 heteroatoms. The molecule has 0 radical (unpaired) electrons. The highest BCUT2D eigenvalue weighted by atomic mass is 16.3. The molecular formula is C29H46O2. The van der Waals surface area contributed by atoms with Gasteiger partial charge in [-0.25, -0.2) is 0 Å². The molecule has 5 rings (SSSR count). The van der Waals surface area contributed by atoms with Gasteiger partial charge in [-0.2, -0.15) is 0 Å². The third kappa shape index (κ3) is 2.64. The van der Waals surface area contributed by atoms with Crippen molar-refractivity contribution in [1.29, 1.82) is 0 Å². The monoisotopic (exact) mass is 426 g/mol. The highest BCUT2D eigenvalue weighted by Gasteiger charge is 2.69. The lowest BCUT2D eigenvalue weighted by molar-refractivity contribution is -0.204. The molecule has 0 bridgehead atoms. The van der Waals surface area contributed by atoms with Gasteiger partial charge in [-0.15, -0.1) is 0 Å². The number of ketones is 1. The first-order valence-electron chi connectivity index (χ1n) is 13.4. The second-order valence-corrected chi connectivity index (χ2v) is 13.5. The van der Waals surface area contributed by atoms with Crippen molar-refractivity contribution >= 4 is 5.78 Å². The summed E-state index contributed by atoms with van der Waals surface area (Å²) in [5.41, 5.74) is 3.76. The van der Waals surface area contributed by atoms with Crippen LogP contribution in [0.15, 0.2) is 11.1 Å². The molecular weight excluding hydrogens is 380 g/mol. The average Bonchev–Trinajstić information content (AvgIpc) is 3.12. The molecule has 2 nitrogen and oxygen atoms in total. The summed E-state index contributed by atoms with van der Waals surface area (Å²) in [7, 11) is 0. The topological polar surface area (TPSA) is 37.3 Å². The largest absolute Gasteiger partial charge is 0.396 e. The Hall–Kier alpha value is -0.630. The van der Waals surface area contributed by atoms with Gasteiger partial charge in [-0.3, -0.25) is 4.79 Å². The fourth-order valence-electron chi connectivity index (χ4n) is 10.7. The van der Waals surface area contributed by atoms with E-state index in [4.69, 9.17) is 0 Å². The number of hydrogen-bond acceptors (Lipinski definition) is 2. The van der Waals surface area contributed by atoms with E-state index in [0.717, 1.165) is 42.6 Å². The lowest BCUT2D eigenvalue weighted by atomic mass is 9.34. The molecule has 0 aromatic heterocycles. The Kier molecular flexibility index (Phi) is 4.96. The molecule has 0 heterocycles. The summed E-state index contributed by atoms with van der Waals surface area (Å²) in [6.45, 7) is 15.2. The van der Waals surface area contributed by atoms with Crippen LogP contribution in [-0.4, -0.2) is 17.5 Å². The third-order valence-electron chi connectivity index (χ3n) is 12.6. The fraction of sp³-hybridized carbons (Fsp3) is 0.897. The van der Waals surface area contributed by atoms with Crippen LogP contribution >= 0.6 is 0 Å². The van der Waals surface area contributed by atoms with Gasteiger partial charge in [0.05, 0.1) is 0 Å². The Morgan fingerprint density at radius 3 is 2.35 bits per heavy atom. The molecule has 0 aliphatic heterocycles. The SMILES string of the molecule is CC1=C2CC[C@]3(C)[C@H](CC[C@@H]4[C@H]5[C@H](C(C)C)CC[C@]5(CO)CC[C@]43C)[C@@]2(C)CCC1=O. The van der Waals surface area contributed by atoms with E-state index in [0.29, 0.717) is 35.1 Å². The maximum Gasteiger partial charge on any atom is 0.158 e. The lowest BCUT2D eigenvalue weighted by Gasteiger charge is -2.70. The summed E-state index contributed by atoms with van der Waals surface area (Å²) in [6.07, 6.45) is 11.9. The van der Waals surface area contributed by atoms with Crippen molar-refractivity contribution in [3.8, 4) is 0 Å². The average molecular weight is 427 g/mol. The Morgan fingerprint density at radius 2 is 1.68 bits per heavy atom. The summed E-state index contributed by atoms with van der Waals surface area (Å²) in [5, 5.41) is 10.6. The molecule has 0 aromatic carbocycles. The first-order chi connectivity index (χ1) is 14.5. The predicted octanol–water partition coefficient (Wildman–Crippen LogP) is 6.96. The Labute approximate surface area is 190 Å². The number of aliphatic hydroxyl groups is 1. The number of aliphatic hydroxyl groups excluding tert-OH is 1. The minimum absolute atomic E-state index is 0.194. The van der Waals surface area contributed by atoms with Crippen LogP contribution in [0.5, 0.6) is 0 Å². The molecule has 8 atom stereocenters. The highest BCUT2D eigenvalue weighted by Crippen LogP contribution is 2.76. The number of allylic oxidation sites excluding steroid dienone is 2. The number of fused-ring (bicyclic) bond motifs is 7. The van der Waals surface area contributed by atoms with E-state index in [1.54, 1.807) is 0 Å². The zero-order valence-corrected chi connectivity index (χ0v) is 21.0. The van der Waals surface area contributed by atoms with Crippen LogP contribution in [0.25, 0.3) is 0 Å². The van der Waals surface area contributed by atoms with Crippen molar-refractivity contribution in [2.45, 2.75) is 106 Å². The smallest absolute Gasteiger partial charge is 0.158 e. The van der Waals surface area contributed by atoms with E-state index in [9.17, 15) is 9.90 Å². The molecule has 4 saturated carbocycles. The zero-order valence-electron chi connectivity index (χ0n) is 21.0. The fourth-order valence-corrected chi connectivity index (χ4v) is 10.7. The summed E-state index contributed by atoms with van der Waals surface area (Å²) in [4.78, 5) is 12.5. The third-order valence-corrected chi connectivity index (χ3v) is 12.6. The number of carbonyl (C=O) groups excluding carboxylic acids is 1. The molecule has 31 heavy (non-hydrogen) atoms. The number of carbonyl (C=O) groups is 1. The van der Waals surface area contributed by atoms with Gasteiger partial charge in [0.15, 0.2) is 5.78 Å². The van der Waals surface area contributed by atoms with Crippen molar-refractivity contribution in [1.82, 2.24) is 0 Å². The van der Waals surface area contributed by atoms with Gasteiger partial charge < -0.3 is 5.11 Å². The van der Waals surface area contributed by atoms with Crippen LogP contribution < -0.4 is 0 Å². The second kappa shape index (κ2) is 6.94. The normalized spacial score (nSPS) is 51.9.